The van der Waals surface area contributed by atoms with Gasteiger partial charge in [0.05, 0.1) is 12.5 Å². The third-order valence-corrected chi connectivity index (χ3v) is 4.54. The number of methoxy groups -OCH3 is 1. The lowest BCUT2D eigenvalue weighted by Gasteiger charge is -2.21. The van der Waals surface area contributed by atoms with Gasteiger partial charge in [-0.3, -0.25) is 10.1 Å². The first-order valence-corrected chi connectivity index (χ1v) is 8.22. The zero-order valence-electron chi connectivity index (χ0n) is 14.2. The number of rotatable bonds is 4. The molecular weight excluding hydrogens is 322 g/mol. The Morgan fingerprint density at radius 3 is 2.64 bits per heavy atom. The van der Waals surface area contributed by atoms with Gasteiger partial charge < -0.3 is 14.2 Å². The van der Waals surface area contributed by atoms with E-state index in [4.69, 9.17) is 14.2 Å². The highest BCUT2D eigenvalue weighted by molar-refractivity contribution is 6.00. The molecule has 7 heteroatoms. The number of nitrogens with zero attached hydrogens (tertiary/aromatic N) is 2. The molecule has 2 aliphatic rings. The first-order valence-electron chi connectivity index (χ1n) is 8.22. The molecule has 2 heterocycles. The number of aromatic nitrogens is 2. The van der Waals surface area contributed by atoms with Crippen molar-refractivity contribution in [1.82, 2.24) is 9.97 Å². The second-order valence-electron chi connectivity index (χ2n) is 6.27. The smallest absolute Gasteiger partial charge is 0.237 e. The molecule has 1 amide bonds. The van der Waals surface area contributed by atoms with Crippen LogP contribution in [-0.2, 0) is 10.2 Å². The molecule has 1 saturated carbocycles. The summed E-state index contributed by atoms with van der Waals surface area (Å²) in [5.41, 5.74) is 1.09. The maximum atomic E-state index is 12.9. The minimum Gasteiger partial charge on any atom is -0.486 e. The van der Waals surface area contributed by atoms with E-state index < -0.39 is 5.41 Å². The van der Waals surface area contributed by atoms with Gasteiger partial charge in [-0.15, -0.1) is 0 Å². The van der Waals surface area contributed by atoms with Crippen LogP contribution in [0.25, 0.3) is 0 Å². The number of hydrogen-bond donors (Lipinski definition) is 1. The monoisotopic (exact) mass is 341 g/mol. The third kappa shape index (κ3) is 2.86. The van der Waals surface area contributed by atoms with Crippen LogP contribution in [0.5, 0.6) is 17.4 Å². The van der Waals surface area contributed by atoms with Crippen LogP contribution in [0.3, 0.4) is 0 Å². The second-order valence-corrected chi connectivity index (χ2v) is 6.27. The Hall–Kier alpha value is -2.83. The van der Waals surface area contributed by atoms with Crippen molar-refractivity contribution in [3.8, 4) is 17.4 Å². The summed E-state index contributed by atoms with van der Waals surface area (Å²) in [6, 6.07) is 7.41. The molecule has 1 aliphatic heterocycles. The highest BCUT2D eigenvalue weighted by atomic mass is 16.6. The summed E-state index contributed by atoms with van der Waals surface area (Å²) in [6.07, 6.45) is 1.56. The minimum atomic E-state index is -0.559. The number of ether oxygens (including phenoxy) is 3. The van der Waals surface area contributed by atoms with E-state index in [1.54, 1.807) is 6.07 Å². The number of amides is 1. The van der Waals surface area contributed by atoms with Gasteiger partial charge in [0, 0.05) is 11.8 Å². The predicted molar refractivity (Wildman–Crippen MR) is 90.3 cm³/mol. The number of benzene rings is 1. The molecule has 0 radical (unpaired) electrons. The Morgan fingerprint density at radius 2 is 1.92 bits per heavy atom. The number of aryl methyl sites for hydroxylation is 1. The van der Waals surface area contributed by atoms with Crippen molar-refractivity contribution in [2.45, 2.75) is 25.2 Å². The van der Waals surface area contributed by atoms with E-state index >= 15 is 0 Å². The molecule has 0 bridgehead atoms. The van der Waals surface area contributed by atoms with Gasteiger partial charge >= 0.3 is 0 Å². The Kier molecular flexibility index (Phi) is 3.71. The van der Waals surface area contributed by atoms with Crippen molar-refractivity contribution in [1.29, 1.82) is 0 Å². The van der Waals surface area contributed by atoms with Crippen LogP contribution in [0.15, 0.2) is 24.3 Å². The van der Waals surface area contributed by atoms with Gasteiger partial charge in [0.1, 0.15) is 13.2 Å². The Labute approximate surface area is 145 Å². The fourth-order valence-corrected chi connectivity index (χ4v) is 3.03. The average Bonchev–Trinajstić information content (AvgIpc) is 3.43. The summed E-state index contributed by atoms with van der Waals surface area (Å²) in [4.78, 5) is 21.3. The second kappa shape index (κ2) is 5.91. The normalized spacial score (nSPS) is 16.9. The molecule has 25 heavy (non-hydrogen) atoms. The van der Waals surface area contributed by atoms with Crippen molar-refractivity contribution in [3.05, 3.63) is 35.5 Å². The first-order chi connectivity index (χ1) is 12.1. The summed E-state index contributed by atoms with van der Waals surface area (Å²) >= 11 is 0. The average molecular weight is 341 g/mol. The fourth-order valence-electron chi connectivity index (χ4n) is 3.03. The van der Waals surface area contributed by atoms with Crippen molar-refractivity contribution in [2.24, 2.45) is 0 Å². The number of anilines is 1. The van der Waals surface area contributed by atoms with Crippen molar-refractivity contribution in [3.63, 3.8) is 0 Å². The summed E-state index contributed by atoms with van der Waals surface area (Å²) in [7, 11) is 1.53. The van der Waals surface area contributed by atoms with E-state index in [0.29, 0.717) is 24.8 Å². The third-order valence-electron chi connectivity index (χ3n) is 4.54. The highest BCUT2D eigenvalue weighted by Gasteiger charge is 2.52. The SMILES string of the molecule is COc1cc(C)nc(NC(=O)C2(c3ccc4c(c3)OCCO4)CC2)n1. The molecule has 0 atom stereocenters. The van der Waals surface area contributed by atoms with Crippen molar-refractivity contribution < 1.29 is 19.0 Å². The van der Waals surface area contributed by atoms with Gasteiger partial charge in [-0.2, -0.15) is 4.98 Å². The van der Waals surface area contributed by atoms with Crippen molar-refractivity contribution in [2.75, 3.05) is 25.6 Å². The summed E-state index contributed by atoms with van der Waals surface area (Å²) in [6.45, 7) is 2.89. The van der Waals surface area contributed by atoms with Crippen LogP contribution in [0.4, 0.5) is 5.95 Å². The topological polar surface area (TPSA) is 82.6 Å². The van der Waals surface area contributed by atoms with E-state index in [9.17, 15) is 4.79 Å². The van der Waals surface area contributed by atoms with Gasteiger partial charge in [-0.1, -0.05) is 6.07 Å². The Morgan fingerprint density at radius 1 is 1.16 bits per heavy atom. The summed E-state index contributed by atoms with van der Waals surface area (Å²) in [5, 5.41) is 2.83. The minimum absolute atomic E-state index is 0.114. The number of fused-ring (bicyclic) bond motifs is 1. The summed E-state index contributed by atoms with van der Waals surface area (Å²) < 4.78 is 16.3. The molecular formula is C18H19N3O4. The maximum absolute atomic E-state index is 12.9. The van der Waals surface area contributed by atoms with Gasteiger partial charge in [0.15, 0.2) is 11.5 Å². The molecule has 0 unspecified atom stereocenters. The van der Waals surface area contributed by atoms with Crippen LogP contribution in [0.2, 0.25) is 0 Å². The Balaban J connectivity index is 1.58. The molecule has 0 saturated heterocycles. The first kappa shape index (κ1) is 15.7. The molecule has 1 aromatic carbocycles. The largest absolute Gasteiger partial charge is 0.486 e. The zero-order chi connectivity index (χ0) is 17.4. The number of hydrogen-bond acceptors (Lipinski definition) is 6. The summed E-state index contributed by atoms with van der Waals surface area (Å²) in [5.74, 6) is 1.98. The lowest BCUT2D eigenvalue weighted by Crippen LogP contribution is -2.29. The van der Waals surface area contributed by atoms with Crippen LogP contribution >= 0.6 is 0 Å². The van der Waals surface area contributed by atoms with E-state index in [1.165, 1.54) is 7.11 Å². The van der Waals surface area contributed by atoms with Gasteiger partial charge in [0.25, 0.3) is 0 Å². The van der Waals surface area contributed by atoms with Crippen LogP contribution in [0, 0.1) is 6.92 Å². The van der Waals surface area contributed by atoms with Crippen LogP contribution in [0.1, 0.15) is 24.1 Å². The maximum Gasteiger partial charge on any atom is 0.237 e. The van der Waals surface area contributed by atoms with Crippen molar-refractivity contribution >= 4 is 11.9 Å². The molecule has 130 valence electrons. The van der Waals surface area contributed by atoms with Gasteiger partial charge in [0.2, 0.25) is 17.7 Å². The quantitative estimate of drug-likeness (QED) is 0.918. The van der Waals surface area contributed by atoms with E-state index in [-0.39, 0.29) is 11.9 Å². The zero-order valence-corrected chi connectivity index (χ0v) is 14.2. The lowest BCUT2D eigenvalue weighted by molar-refractivity contribution is -0.118. The molecule has 1 aromatic heterocycles. The predicted octanol–water partition coefficient (Wildman–Crippen LogP) is 2.24. The number of carbonyl (C=O) groups excluding carboxylic acids is 1. The molecule has 1 fully saturated rings. The van der Waals surface area contributed by atoms with Crippen LogP contribution in [-0.4, -0.2) is 36.2 Å². The Bertz CT molecular complexity index is 833. The standard InChI is InChI=1S/C18H19N3O4/c1-11-9-15(23-2)20-17(19-11)21-16(22)18(5-6-18)12-3-4-13-14(10-12)25-8-7-24-13/h3-4,9-10H,5-8H2,1-2H3,(H,19,20,21,22). The molecule has 1 aliphatic carbocycles. The van der Waals surface area contributed by atoms with E-state index in [2.05, 4.69) is 15.3 Å². The highest BCUT2D eigenvalue weighted by Crippen LogP contribution is 2.50. The molecule has 4 rings (SSSR count). The van der Waals surface area contributed by atoms with Gasteiger partial charge in [-0.05, 0) is 37.5 Å². The number of carbonyl (C=O) groups is 1. The molecule has 0 spiro atoms. The lowest BCUT2D eigenvalue weighted by atomic mass is 9.94. The van der Waals surface area contributed by atoms with Gasteiger partial charge in [-0.25, -0.2) is 4.98 Å². The van der Waals surface area contributed by atoms with Crippen LogP contribution < -0.4 is 19.5 Å². The molecule has 2 aromatic rings. The van der Waals surface area contributed by atoms with E-state index in [1.807, 2.05) is 25.1 Å². The number of nitrogens with one attached hydrogen (secondary N) is 1. The molecule has 1 N–H and O–H groups in total. The molecule has 7 nitrogen and oxygen atoms in total. The fraction of sp³-hybridized carbons (Fsp3) is 0.389. The van der Waals surface area contributed by atoms with E-state index in [0.717, 1.165) is 29.8 Å².